The summed E-state index contributed by atoms with van der Waals surface area (Å²) in [6.07, 6.45) is 13.3. The highest BCUT2D eigenvalue weighted by molar-refractivity contribution is 5.95. The van der Waals surface area contributed by atoms with Crippen LogP contribution in [-0.4, -0.2) is 19.3 Å². The number of nitrogens with zero attached hydrogens (tertiary/aromatic N) is 1. The molecule has 128 valence electrons. The zero-order chi connectivity index (χ0) is 17.6. The number of allylic oxidation sites excluding steroid dienone is 4. The molecule has 24 heavy (non-hydrogen) atoms. The second-order valence-corrected chi connectivity index (χ2v) is 7.01. The van der Waals surface area contributed by atoms with Crippen molar-refractivity contribution in [1.29, 1.82) is 0 Å². The van der Waals surface area contributed by atoms with Crippen LogP contribution in [-0.2, 0) is 4.74 Å². The Balaban J connectivity index is 2.07. The quantitative estimate of drug-likeness (QED) is 0.415. The first-order valence-electron chi connectivity index (χ1n) is 8.50. The van der Waals surface area contributed by atoms with E-state index in [0.717, 1.165) is 0 Å². The largest absolute Gasteiger partial charge is 0.465 e. The minimum Gasteiger partial charge on any atom is -0.465 e. The van der Waals surface area contributed by atoms with Crippen molar-refractivity contribution < 1.29 is 9.53 Å². The van der Waals surface area contributed by atoms with Gasteiger partial charge in [0.15, 0.2) is 0 Å². The van der Waals surface area contributed by atoms with Gasteiger partial charge in [0.1, 0.15) is 0 Å². The molecule has 1 aromatic rings. The van der Waals surface area contributed by atoms with Gasteiger partial charge >= 0.3 is 5.97 Å². The Morgan fingerprint density at radius 2 is 2.12 bits per heavy atom. The number of methoxy groups -OCH3 is 1. The number of aliphatic imine (C=N–C) groups is 1. The normalized spacial score (nSPS) is 21.2. The van der Waals surface area contributed by atoms with Crippen molar-refractivity contribution in [2.75, 3.05) is 7.11 Å². The molecule has 1 aliphatic rings. The summed E-state index contributed by atoms with van der Waals surface area (Å²) >= 11 is 0. The van der Waals surface area contributed by atoms with Gasteiger partial charge in [-0.1, -0.05) is 57.2 Å². The molecule has 3 heteroatoms. The van der Waals surface area contributed by atoms with E-state index in [9.17, 15) is 4.79 Å². The van der Waals surface area contributed by atoms with Gasteiger partial charge in [0.25, 0.3) is 0 Å². The zero-order valence-corrected chi connectivity index (χ0v) is 15.0. The highest BCUT2D eigenvalue weighted by Crippen LogP contribution is 2.37. The van der Waals surface area contributed by atoms with E-state index < -0.39 is 0 Å². The van der Waals surface area contributed by atoms with Crippen molar-refractivity contribution in [2.45, 2.75) is 33.6 Å². The summed E-state index contributed by atoms with van der Waals surface area (Å²) in [4.78, 5) is 16.2. The van der Waals surface area contributed by atoms with Gasteiger partial charge in [0, 0.05) is 12.1 Å². The number of hydrogen-bond donors (Lipinski definition) is 0. The first-order valence-corrected chi connectivity index (χ1v) is 8.50. The van der Waals surface area contributed by atoms with Crippen LogP contribution in [0.3, 0.4) is 0 Å². The van der Waals surface area contributed by atoms with Crippen molar-refractivity contribution in [2.24, 2.45) is 22.2 Å². The van der Waals surface area contributed by atoms with Crippen LogP contribution < -0.4 is 0 Å². The number of ether oxygens (including phenoxy) is 1. The predicted octanol–water partition coefficient (Wildman–Crippen LogP) is 5.36. The molecule has 0 radical (unpaired) electrons. The summed E-state index contributed by atoms with van der Waals surface area (Å²) < 4.78 is 4.80. The van der Waals surface area contributed by atoms with Gasteiger partial charge in [0.05, 0.1) is 18.4 Å². The third-order valence-electron chi connectivity index (χ3n) is 4.58. The summed E-state index contributed by atoms with van der Waals surface area (Å²) in [6, 6.07) is 7.24. The molecule has 0 spiro atoms. The molecule has 0 amide bonds. The lowest BCUT2D eigenvalue weighted by Crippen LogP contribution is -2.23. The maximum atomic E-state index is 11.8. The summed E-state index contributed by atoms with van der Waals surface area (Å²) in [5.74, 6) is 0.298. The number of hydrogen-bond acceptors (Lipinski definition) is 3. The molecule has 3 nitrogen and oxygen atoms in total. The lowest BCUT2D eigenvalue weighted by atomic mass is 9.72. The molecule has 0 N–H and O–H groups in total. The minimum atomic E-state index is -0.361. The number of rotatable bonds is 5. The number of carbonyl (C=O) groups is 1. The highest BCUT2D eigenvalue weighted by Gasteiger charge is 2.27. The standard InChI is InChI=1S/C21H27NO2/c1-16(12-13-17-9-7-8-14-21(17,2)3)15-22-19-11-6-5-10-18(19)20(23)24-4/h5-7,9-13,15-17H,8,14H2,1-4H3. The van der Waals surface area contributed by atoms with Crippen LogP contribution in [0.25, 0.3) is 0 Å². The number of benzene rings is 1. The molecule has 0 aliphatic heterocycles. The van der Waals surface area contributed by atoms with E-state index in [1.165, 1.54) is 20.0 Å². The lowest BCUT2D eigenvalue weighted by molar-refractivity contribution is 0.0601. The third kappa shape index (κ3) is 4.67. The Labute approximate surface area is 145 Å². The van der Waals surface area contributed by atoms with Crippen LogP contribution in [0, 0.1) is 17.3 Å². The number of para-hydroxylation sites is 1. The van der Waals surface area contributed by atoms with E-state index in [1.807, 2.05) is 24.4 Å². The average Bonchev–Trinajstić information content (AvgIpc) is 2.58. The van der Waals surface area contributed by atoms with Crippen molar-refractivity contribution in [3.8, 4) is 0 Å². The fraction of sp³-hybridized carbons (Fsp3) is 0.429. The monoisotopic (exact) mass is 325 g/mol. The molecule has 0 fully saturated rings. The van der Waals surface area contributed by atoms with Crippen LogP contribution in [0.5, 0.6) is 0 Å². The SMILES string of the molecule is COC(=O)c1ccccc1N=CC(C)C=CC1C=CCCC1(C)C. The van der Waals surface area contributed by atoms with Gasteiger partial charge in [-0.25, -0.2) is 4.79 Å². The first-order chi connectivity index (χ1) is 11.4. The van der Waals surface area contributed by atoms with Crippen LogP contribution in [0.4, 0.5) is 5.69 Å². The molecular weight excluding hydrogens is 298 g/mol. The summed E-state index contributed by atoms with van der Waals surface area (Å²) in [6.45, 7) is 6.73. The fourth-order valence-electron chi connectivity index (χ4n) is 2.86. The van der Waals surface area contributed by atoms with E-state index in [2.05, 4.69) is 50.1 Å². The molecule has 2 unspecified atom stereocenters. The molecule has 2 atom stereocenters. The van der Waals surface area contributed by atoms with Gasteiger partial charge in [-0.05, 0) is 36.3 Å². The Morgan fingerprint density at radius 1 is 1.38 bits per heavy atom. The molecule has 0 saturated carbocycles. The molecule has 0 heterocycles. The molecule has 0 aromatic heterocycles. The molecular formula is C21H27NO2. The van der Waals surface area contributed by atoms with Crippen molar-refractivity contribution >= 4 is 17.9 Å². The van der Waals surface area contributed by atoms with E-state index in [1.54, 1.807) is 6.07 Å². The van der Waals surface area contributed by atoms with E-state index in [0.29, 0.717) is 22.6 Å². The zero-order valence-electron chi connectivity index (χ0n) is 15.0. The molecule has 1 aliphatic carbocycles. The van der Waals surface area contributed by atoms with Crippen LogP contribution in [0.2, 0.25) is 0 Å². The Morgan fingerprint density at radius 3 is 2.83 bits per heavy atom. The topological polar surface area (TPSA) is 38.7 Å². The van der Waals surface area contributed by atoms with Crippen LogP contribution in [0.15, 0.2) is 53.6 Å². The van der Waals surface area contributed by atoms with Gasteiger partial charge in [-0.15, -0.1) is 0 Å². The Kier molecular flexibility index (Phi) is 6.13. The van der Waals surface area contributed by atoms with Crippen molar-refractivity contribution in [1.82, 2.24) is 0 Å². The molecule has 1 aromatic carbocycles. The van der Waals surface area contributed by atoms with Crippen molar-refractivity contribution in [3.63, 3.8) is 0 Å². The lowest BCUT2D eigenvalue weighted by Gasteiger charge is -2.33. The summed E-state index contributed by atoms with van der Waals surface area (Å²) in [5, 5.41) is 0. The molecule has 0 bridgehead atoms. The predicted molar refractivity (Wildman–Crippen MR) is 99.9 cm³/mol. The van der Waals surface area contributed by atoms with Crippen LogP contribution >= 0.6 is 0 Å². The van der Waals surface area contributed by atoms with Crippen molar-refractivity contribution in [3.05, 3.63) is 54.1 Å². The minimum absolute atomic E-state index is 0.196. The maximum Gasteiger partial charge on any atom is 0.340 e. The second kappa shape index (κ2) is 8.09. The van der Waals surface area contributed by atoms with Gasteiger partial charge < -0.3 is 4.74 Å². The van der Waals surface area contributed by atoms with Gasteiger partial charge in [0.2, 0.25) is 0 Å². The van der Waals surface area contributed by atoms with Gasteiger partial charge in [-0.2, -0.15) is 0 Å². The Bertz CT molecular complexity index is 656. The van der Waals surface area contributed by atoms with E-state index in [-0.39, 0.29) is 11.9 Å². The summed E-state index contributed by atoms with van der Waals surface area (Å²) in [7, 11) is 1.38. The maximum absolute atomic E-state index is 11.8. The fourth-order valence-corrected chi connectivity index (χ4v) is 2.86. The molecule has 2 rings (SSSR count). The van der Waals surface area contributed by atoms with E-state index >= 15 is 0 Å². The van der Waals surface area contributed by atoms with Gasteiger partial charge in [-0.3, -0.25) is 4.99 Å². The molecule has 0 saturated heterocycles. The number of esters is 1. The first kappa shape index (κ1) is 18.2. The third-order valence-corrected chi connectivity index (χ3v) is 4.58. The number of carbonyl (C=O) groups excluding carboxylic acids is 1. The summed E-state index contributed by atoms with van der Waals surface area (Å²) in [5.41, 5.74) is 1.44. The average molecular weight is 325 g/mol. The smallest absolute Gasteiger partial charge is 0.340 e. The van der Waals surface area contributed by atoms with Crippen LogP contribution in [0.1, 0.15) is 44.0 Å². The second-order valence-electron chi connectivity index (χ2n) is 7.01. The Hall–Kier alpha value is -2.16. The van der Waals surface area contributed by atoms with E-state index in [4.69, 9.17) is 4.74 Å². The highest BCUT2D eigenvalue weighted by atomic mass is 16.5.